The minimum absolute atomic E-state index is 1.02. The fourth-order valence-corrected chi connectivity index (χ4v) is 23.7. The van der Waals surface area contributed by atoms with Gasteiger partial charge in [-0.15, -0.1) is 115 Å². The summed E-state index contributed by atoms with van der Waals surface area (Å²) in [5, 5.41) is 0. The number of hydrogen-bond donors (Lipinski definition) is 0. The topological polar surface area (TPSA) is 0 Å². The Morgan fingerprint density at radius 1 is 0.362 bits per heavy atom. The number of unbranched alkanes of at least 4 members (excludes halogenated alkanes) is 4. The van der Waals surface area contributed by atoms with Gasteiger partial charge in [-0.1, -0.05) is 100 Å². The van der Waals surface area contributed by atoms with Gasteiger partial charge in [-0.3, -0.25) is 0 Å². The molecule has 0 aliphatic carbocycles. The molecular weight excluding hydrogens is 977 g/mol. The van der Waals surface area contributed by atoms with Crippen LogP contribution in [0.15, 0.2) is 41.2 Å². The summed E-state index contributed by atoms with van der Waals surface area (Å²) in [5.74, 6) is 4.71. The highest BCUT2D eigenvalue weighted by Crippen LogP contribution is 2.59. The Labute approximate surface area is 402 Å². The van der Waals surface area contributed by atoms with Crippen molar-refractivity contribution in [2.75, 3.05) is 23.0 Å². The van der Waals surface area contributed by atoms with Crippen LogP contribution in [-0.2, 0) is 0 Å². The van der Waals surface area contributed by atoms with Crippen molar-refractivity contribution in [2.45, 2.75) is 79.1 Å². The second kappa shape index (κ2) is 24.0. The summed E-state index contributed by atoms with van der Waals surface area (Å²) in [5.41, 5.74) is 0. The van der Waals surface area contributed by atoms with Gasteiger partial charge in [0.1, 0.15) is 25.8 Å². The maximum absolute atomic E-state index is 3.55. The lowest BCUT2D eigenvalue weighted by atomic mass is 10.4. The zero-order chi connectivity index (χ0) is 40.1. The molecule has 0 unspecified atom stereocenters. The second-order valence-electron chi connectivity index (χ2n) is 12.6. The smallest absolute Gasteiger partial charge is 0.104 e. The van der Waals surface area contributed by atoms with E-state index >= 15 is 0 Å². The molecule has 14 heteroatoms. The molecule has 4 bridgehead atoms. The van der Waals surface area contributed by atoms with Gasteiger partial charge in [0, 0.05) is 0 Å². The molecule has 0 saturated carbocycles. The van der Waals surface area contributed by atoms with Gasteiger partial charge in [0.2, 0.25) is 0 Å². The van der Waals surface area contributed by atoms with Crippen LogP contribution in [0.1, 0.15) is 79.1 Å². The molecule has 0 N–H and O–H groups in total. The van der Waals surface area contributed by atoms with Crippen molar-refractivity contribution in [2.24, 2.45) is 0 Å². The number of rotatable bonds is 16. The molecule has 0 radical (unpaired) electrons. The number of thioether (sulfide) groups is 8. The summed E-state index contributed by atoms with van der Waals surface area (Å²) in [6.07, 6.45) is 9.91. The number of hydrogen-bond acceptors (Lipinski definition) is 14. The summed E-state index contributed by atoms with van der Waals surface area (Å²) in [6.45, 7) is 9.10. The quantitative estimate of drug-likeness (QED) is 0.0886. The van der Waals surface area contributed by atoms with Crippen molar-refractivity contribution in [3.8, 4) is 0 Å². The fourth-order valence-electron chi connectivity index (χ4n) is 4.81. The molecule has 5 aliphatic heterocycles. The minimum Gasteiger partial charge on any atom is -0.118 e. The molecule has 0 fully saturated rings. The SMILES string of the molecule is CCCCSC1=C(SCCCC)SC(=c2sc3c#cc4ccc(c#cc5sc(=C6SC(SCCCC)=C(SCCCC)S6)sc=5c#cc5ccc(c#cc=3s2)s5)s4)S1. The Bertz CT molecular complexity index is 2310. The summed E-state index contributed by atoms with van der Waals surface area (Å²) in [7, 11) is 0. The van der Waals surface area contributed by atoms with Crippen molar-refractivity contribution in [1.82, 2.24) is 0 Å². The van der Waals surface area contributed by atoms with Crippen LogP contribution in [0.5, 0.6) is 0 Å². The molecular formula is C44H40S14. The average molecular weight is 1020 g/mol. The van der Waals surface area contributed by atoms with Gasteiger partial charge in [0.05, 0.1) is 44.2 Å². The second-order valence-corrected chi connectivity index (χ2v) is 29.4. The van der Waals surface area contributed by atoms with Gasteiger partial charge < -0.3 is 0 Å². The number of fused-ring (bicyclic) bond motifs is 4. The molecule has 7 rings (SSSR count). The summed E-state index contributed by atoms with van der Waals surface area (Å²) in [6, 6.07) is 36.6. The first-order valence-corrected chi connectivity index (χ1v) is 31.3. The first kappa shape index (κ1) is 45.8. The van der Waals surface area contributed by atoms with E-state index in [0.29, 0.717) is 0 Å². The maximum Gasteiger partial charge on any atom is 0.104 e. The van der Waals surface area contributed by atoms with E-state index in [1.54, 1.807) is 68.0 Å². The predicted octanol–water partition coefficient (Wildman–Crippen LogP) is 17.1. The van der Waals surface area contributed by atoms with Gasteiger partial charge in [0.25, 0.3) is 0 Å². The monoisotopic (exact) mass is 1020 g/mol. The molecule has 0 aromatic carbocycles. The van der Waals surface area contributed by atoms with Gasteiger partial charge >= 0.3 is 0 Å². The molecule has 2 aromatic heterocycles. The van der Waals surface area contributed by atoms with Crippen LogP contribution in [0.25, 0.3) is 27.3 Å². The standard InChI is InChI=1S/C44H40S14/c1-5-9-25-45-37-38(46-26-10-6-2)56-43(55-37)41-51-33-21-17-29-13-15-31(49-29)19-23-35-36(24-20-32-16-14-30(50-32)18-22-34(33)52-41)54-42(53-35)44-57-39(47-27-11-7-3)40(58-44)48-28-12-8-4/h13-16H,5-12,25-28H2,1-4H3. The Morgan fingerprint density at radius 3 is 0.862 bits per heavy atom. The van der Waals surface area contributed by atoms with Gasteiger partial charge in [-0.05, 0) is 121 Å². The third kappa shape index (κ3) is 12.9. The van der Waals surface area contributed by atoms with Crippen molar-refractivity contribution in [3.05, 3.63) is 116 Å². The molecule has 0 atom stereocenters. The summed E-state index contributed by atoms with van der Waals surface area (Å²) in [4.78, 5) is 0. The third-order valence-electron chi connectivity index (χ3n) is 7.93. The van der Waals surface area contributed by atoms with E-state index in [1.807, 2.05) is 94.1 Å². The molecule has 0 amide bonds. The molecule has 7 heterocycles. The van der Waals surface area contributed by atoms with Crippen molar-refractivity contribution in [1.29, 1.82) is 0 Å². The van der Waals surface area contributed by atoms with Crippen LogP contribution in [0.3, 0.4) is 0 Å². The zero-order valence-corrected chi connectivity index (χ0v) is 43.9. The summed E-state index contributed by atoms with van der Waals surface area (Å²) < 4.78 is 19.5. The lowest BCUT2D eigenvalue weighted by Gasteiger charge is -2.03. The molecule has 5 aliphatic rings. The average Bonchev–Trinajstić information content (AvgIpc) is 4.09. The van der Waals surface area contributed by atoms with E-state index < -0.39 is 0 Å². The Kier molecular flexibility index (Phi) is 18.9. The Morgan fingerprint density at radius 2 is 0.621 bits per heavy atom. The molecule has 58 heavy (non-hydrogen) atoms. The highest BCUT2D eigenvalue weighted by molar-refractivity contribution is 8.46. The van der Waals surface area contributed by atoms with Crippen LogP contribution in [0, 0.1) is 66.7 Å². The van der Waals surface area contributed by atoms with E-state index in [9.17, 15) is 0 Å². The van der Waals surface area contributed by atoms with Gasteiger partial charge in [-0.25, -0.2) is 0 Å². The maximum atomic E-state index is 3.55. The van der Waals surface area contributed by atoms with Crippen molar-refractivity contribution >= 4 is 189 Å². The summed E-state index contributed by atoms with van der Waals surface area (Å²) >= 11 is 26.5. The van der Waals surface area contributed by atoms with Crippen LogP contribution in [0.2, 0.25) is 0 Å². The lowest BCUT2D eigenvalue weighted by molar-refractivity contribution is 0.897. The lowest BCUT2D eigenvalue weighted by Crippen LogP contribution is -1.86. The van der Waals surface area contributed by atoms with E-state index in [4.69, 9.17) is 0 Å². The zero-order valence-electron chi connectivity index (χ0n) is 32.5. The van der Waals surface area contributed by atoms with E-state index in [2.05, 4.69) is 100 Å². The fraction of sp³-hybridized carbons (Fsp3) is 0.364. The Hall–Kier alpha value is -0.240. The first-order valence-electron chi connectivity index (χ1n) is 19.2. The van der Waals surface area contributed by atoms with E-state index in [-0.39, 0.29) is 0 Å². The third-order valence-corrected chi connectivity index (χ3v) is 27.1. The Balaban J connectivity index is 1.28. The van der Waals surface area contributed by atoms with Crippen LogP contribution >= 0.6 is 162 Å². The molecule has 0 nitrogen and oxygen atoms in total. The van der Waals surface area contributed by atoms with Crippen LogP contribution in [-0.4, -0.2) is 23.0 Å². The van der Waals surface area contributed by atoms with Crippen LogP contribution in [0.4, 0.5) is 0 Å². The molecule has 0 spiro atoms. The highest BCUT2D eigenvalue weighted by Gasteiger charge is 2.24. The minimum atomic E-state index is 1.02. The predicted molar refractivity (Wildman–Crippen MR) is 283 cm³/mol. The molecule has 0 saturated heterocycles. The van der Waals surface area contributed by atoms with Crippen molar-refractivity contribution in [3.63, 3.8) is 0 Å². The van der Waals surface area contributed by atoms with Crippen molar-refractivity contribution < 1.29 is 0 Å². The van der Waals surface area contributed by atoms with E-state index in [0.717, 1.165) is 36.9 Å². The molecule has 300 valence electrons. The van der Waals surface area contributed by atoms with E-state index in [1.165, 1.54) is 107 Å². The normalized spacial score (nSPS) is 13.9. The first-order chi connectivity index (χ1) is 28.5. The number of thiophene rings is 2. The van der Waals surface area contributed by atoms with Gasteiger partial charge in [0.15, 0.2) is 0 Å². The van der Waals surface area contributed by atoms with Crippen LogP contribution < -0.4 is 7.69 Å². The molecule has 2 aromatic rings. The highest BCUT2D eigenvalue weighted by atomic mass is 32.3. The van der Waals surface area contributed by atoms with Gasteiger partial charge in [-0.2, -0.15) is 0 Å². The largest absolute Gasteiger partial charge is 0.118 e.